The van der Waals surface area contributed by atoms with Gasteiger partial charge in [0, 0.05) is 18.8 Å². The van der Waals surface area contributed by atoms with Gasteiger partial charge in [-0.15, -0.1) is 0 Å². The van der Waals surface area contributed by atoms with Crippen LogP contribution in [0.4, 0.5) is 11.5 Å². The van der Waals surface area contributed by atoms with Crippen LogP contribution in [-0.4, -0.2) is 27.7 Å². The van der Waals surface area contributed by atoms with Crippen molar-refractivity contribution in [3.05, 3.63) is 27.9 Å². The second-order valence-corrected chi connectivity index (χ2v) is 3.88. The standard InChI is InChI=1S/C11H14N4O3/c1-8(16)3-2-4-13-11-10(15(17)18)5-9(6-12)7-14-11/h5,7-8,16H,2-4H2,1H3,(H,13,14). The Morgan fingerprint density at radius 3 is 3.00 bits per heavy atom. The van der Waals surface area contributed by atoms with E-state index in [1.54, 1.807) is 13.0 Å². The fourth-order valence-corrected chi connectivity index (χ4v) is 1.39. The van der Waals surface area contributed by atoms with E-state index in [1.807, 2.05) is 0 Å². The second kappa shape index (κ2) is 6.51. The van der Waals surface area contributed by atoms with Gasteiger partial charge >= 0.3 is 5.69 Å². The lowest BCUT2D eigenvalue weighted by Crippen LogP contribution is -2.09. The average Bonchev–Trinajstić information content (AvgIpc) is 2.34. The third-order valence-electron chi connectivity index (χ3n) is 2.28. The predicted molar refractivity (Wildman–Crippen MR) is 65.0 cm³/mol. The molecule has 7 heteroatoms. The highest BCUT2D eigenvalue weighted by atomic mass is 16.6. The largest absolute Gasteiger partial charge is 0.393 e. The van der Waals surface area contributed by atoms with Crippen molar-refractivity contribution < 1.29 is 10.0 Å². The van der Waals surface area contributed by atoms with Crippen LogP contribution < -0.4 is 5.32 Å². The number of hydrogen-bond acceptors (Lipinski definition) is 6. The zero-order valence-electron chi connectivity index (χ0n) is 9.96. The lowest BCUT2D eigenvalue weighted by molar-refractivity contribution is -0.384. The van der Waals surface area contributed by atoms with E-state index < -0.39 is 11.0 Å². The van der Waals surface area contributed by atoms with E-state index in [-0.39, 0.29) is 17.1 Å². The molecular formula is C11H14N4O3. The number of anilines is 1. The quantitative estimate of drug-likeness (QED) is 0.448. The van der Waals surface area contributed by atoms with Crippen LogP contribution >= 0.6 is 0 Å². The Morgan fingerprint density at radius 1 is 1.72 bits per heavy atom. The number of rotatable bonds is 6. The second-order valence-electron chi connectivity index (χ2n) is 3.88. The Labute approximate surface area is 104 Å². The lowest BCUT2D eigenvalue weighted by atomic mass is 10.2. The summed E-state index contributed by atoms with van der Waals surface area (Å²) in [6, 6.07) is 2.99. The van der Waals surface area contributed by atoms with Crippen molar-refractivity contribution in [3.8, 4) is 6.07 Å². The summed E-state index contributed by atoms with van der Waals surface area (Å²) in [6.07, 6.45) is 2.17. The fourth-order valence-electron chi connectivity index (χ4n) is 1.39. The molecule has 2 N–H and O–H groups in total. The number of nitrogens with one attached hydrogen (secondary N) is 1. The van der Waals surface area contributed by atoms with Crippen LogP contribution in [0.5, 0.6) is 0 Å². The maximum absolute atomic E-state index is 10.8. The Kier molecular flexibility index (Phi) is 5.02. The first-order chi connectivity index (χ1) is 8.54. The Hall–Kier alpha value is -2.20. The number of aromatic nitrogens is 1. The summed E-state index contributed by atoms with van der Waals surface area (Å²) in [7, 11) is 0. The topological polar surface area (TPSA) is 112 Å². The van der Waals surface area contributed by atoms with Crippen molar-refractivity contribution in [2.24, 2.45) is 0 Å². The molecule has 1 rings (SSSR count). The highest BCUT2D eigenvalue weighted by Gasteiger charge is 2.15. The molecule has 0 saturated heterocycles. The Bertz CT molecular complexity index is 468. The van der Waals surface area contributed by atoms with Crippen LogP contribution in [0.2, 0.25) is 0 Å². The normalized spacial score (nSPS) is 11.6. The summed E-state index contributed by atoms with van der Waals surface area (Å²) < 4.78 is 0. The van der Waals surface area contributed by atoms with Crippen LogP contribution in [0.3, 0.4) is 0 Å². The molecule has 0 amide bonds. The van der Waals surface area contributed by atoms with E-state index in [2.05, 4.69) is 10.3 Å². The van der Waals surface area contributed by atoms with Crippen molar-refractivity contribution in [1.82, 2.24) is 4.98 Å². The summed E-state index contributed by atoms with van der Waals surface area (Å²) in [5, 5.41) is 31.4. The first-order valence-corrected chi connectivity index (χ1v) is 5.51. The molecular weight excluding hydrogens is 236 g/mol. The molecule has 0 aliphatic rings. The highest BCUT2D eigenvalue weighted by Crippen LogP contribution is 2.22. The molecule has 0 aromatic carbocycles. The molecule has 0 saturated carbocycles. The van der Waals surface area contributed by atoms with Crippen LogP contribution in [0.1, 0.15) is 25.3 Å². The fraction of sp³-hybridized carbons (Fsp3) is 0.455. The SMILES string of the molecule is CC(O)CCCNc1ncc(C#N)cc1[N+](=O)[O-]. The number of aliphatic hydroxyl groups excluding tert-OH is 1. The van der Waals surface area contributed by atoms with Gasteiger partial charge in [-0.05, 0) is 19.8 Å². The number of nitro groups is 1. The van der Waals surface area contributed by atoms with E-state index in [9.17, 15) is 10.1 Å². The number of aliphatic hydroxyl groups is 1. The van der Waals surface area contributed by atoms with Gasteiger partial charge in [-0.3, -0.25) is 10.1 Å². The van der Waals surface area contributed by atoms with Gasteiger partial charge in [0.05, 0.1) is 16.6 Å². The Morgan fingerprint density at radius 2 is 2.44 bits per heavy atom. The number of pyridine rings is 1. The first-order valence-electron chi connectivity index (χ1n) is 5.51. The molecule has 0 bridgehead atoms. The molecule has 7 nitrogen and oxygen atoms in total. The van der Waals surface area contributed by atoms with E-state index in [1.165, 1.54) is 12.3 Å². The summed E-state index contributed by atoms with van der Waals surface area (Å²) >= 11 is 0. The summed E-state index contributed by atoms with van der Waals surface area (Å²) in [6.45, 7) is 2.16. The van der Waals surface area contributed by atoms with Crippen molar-refractivity contribution in [1.29, 1.82) is 5.26 Å². The maximum atomic E-state index is 10.8. The van der Waals surface area contributed by atoms with Crippen molar-refractivity contribution in [2.45, 2.75) is 25.9 Å². The van der Waals surface area contributed by atoms with Crippen molar-refractivity contribution in [3.63, 3.8) is 0 Å². The molecule has 1 atom stereocenters. The van der Waals surface area contributed by atoms with E-state index >= 15 is 0 Å². The maximum Gasteiger partial charge on any atom is 0.312 e. The van der Waals surface area contributed by atoms with Crippen LogP contribution in [0, 0.1) is 21.4 Å². The molecule has 18 heavy (non-hydrogen) atoms. The molecule has 0 aliphatic heterocycles. The number of nitriles is 1. The van der Waals surface area contributed by atoms with Gasteiger partial charge < -0.3 is 10.4 Å². The lowest BCUT2D eigenvalue weighted by Gasteiger charge is -2.07. The third kappa shape index (κ3) is 3.99. The average molecular weight is 250 g/mol. The van der Waals surface area contributed by atoms with Gasteiger partial charge in [-0.1, -0.05) is 0 Å². The van der Waals surface area contributed by atoms with Gasteiger partial charge in [0.2, 0.25) is 5.82 Å². The van der Waals surface area contributed by atoms with Crippen LogP contribution in [0.15, 0.2) is 12.3 Å². The molecule has 0 radical (unpaired) electrons. The predicted octanol–water partition coefficient (Wildman–Crippen LogP) is 1.43. The Balaban J connectivity index is 2.70. The smallest absolute Gasteiger partial charge is 0.312 e. The van der Waals surface area contributed by atoms with Crippen molar-refractivity contribution >= 4 is 11.5 Å². The van der Waals surface area contributed by atoms with Gasteiger partial charge in [0.15, 0.2) is 0 Å². The van der Waals surface area contributed by atoms with Crippen LogP contribution in [0.25, 0.3) is 0 Å². The van der Waals surface area contributed by atoms with E-state index in [4.69, 9.17) is 10.4 Å². The van der Waals surface area contributed by atoms with Gasteiger partial charge in [-0.25, -0.2) is 4.98 Å². The number of nitrogens with zero attached hydrogens (tertiary/aromatic N) is 3. The highest BCUT2D eigenvalue weighted by molar-refractivity contribution is 5.58. The van der Waals surface area contributed by atoms with E-state index in [0.717, 1.165) is 0 Å². The molecule has 0 fully saturated rings. The summed E-state index contributed by atoms with van der Waals surface area (Å²) in [4.78, 5) is 14.1. The molecule has 96 valence electrons. The minimum Gasteiger partial charge on any atom is -0.393 e. The zero-order valence-corrected chi connectivity index (χ0v) is 9.96. The summed E-state index contributed by atoms with van der Waals surface area (Å²) in [5.41, 5.74) is -0.0673. The van der Waals surface area contributed by atoms with Gasteiger partial charge in [0.25, 0.3) is 0 Å². The molecule has 1 unspecified atom stereocenters. The monoisotopic (exact) mass is 250 g/mol. The van der Waals surface area contributed by atoms with Gasteiger partial charge in [0.1, 0.15) is 6.07 Å². The molecule has 1 aromatic rings. The third-order valence-corrected chi connectivity index (χ3v) is 2.28. The minimum absolute atomic E-state index is 0.143. The van der Waals surface area contributed by atoms with Gasteiger partial charge in [-0.2, -0.15) is 5.26 Å². The number of hydrogen-bond donors (Lipinski definition) is 2. The van der Waals surface area contributed by atoms with Crippen LogP contribution in [-0.2, 0) is 0 Å². The first kappa shape index (κ1) is 13.9. The minimum atomic E-state index is -0.579. The summed E-state index contributed by atoms with van der Waals surface area (Å²) in [5.74, 6) is 0.143. The van der Waals surface area contributed by atoms with Crippen molar-refractivity contribution in [2.75, 3.05) is 11.9 Å². The molecule has 0 spiro atoms. The van der Waals surface area contributed by atoms with E-state index in [0.29, 0.717) is 19.4 Å². The molecule has 1 aromatic heterocycles. The zero-order chi connectivity index (χ0) is 13.5. The molecule has 1 heterocycles. The molecule has 0 aliphatic carbocycles.